The monoisotopic (exact) mass is 355 g/mol. The predicted octanol–water partition coefficient (Wildman–Crippen LogP) is 0.299. The van der Waals surface area contributed by atoms with Crippen molar-refractivity contribution in [3.05, 3.63) is 69.0 Å². The fourth-order valence-corrected chi connectivity index (χ4v) is 4.13. The molecule has 2 heterocycles. The van der Waals surface area contributed by atoms with Gasteiger partial charge >= 0.3 is 5.69 Å². The Kier molecular flexibility index (Phi) is 4.46. The predicted molar refractivity (Wildman–Crippen MR) is 94.7 cm³/mol. The number of aromatic amines is 1. The van der Waals surface area contributed by atoms with E-state index in [1.807, 2.05) is 18.2 Å². The van der Waals surface area contributed by atoms with Crippen LogP contribution in [0.1, 0.15) is 12.0 Å². The number of benzene rings is 1. The summed E-state index contributed by atoms with van der Waals surface area (Å²) in [7, 11) is 0. The number of hydrogen-bond acceptors (Lipinski definition) is 4. The van der Waals surface area contributed by atoms with Crippen molar-refractivity contribution in [2.75, 3.05) is 6.61 Å². The molecule has 26 heavy (non-hydrogen) atoms. The molecule has 0 spiro atoms. The Hall–Kier alpha value is -2.67. The van der Waals surface area contributed by atoms with Crippen molar-refractivity contribution in [3.63, 3.8) is 0 Å². The normalized spacial score (nSPS) is 26.8. The first-order chi connectivity index (χ1) is 12.6. The molecule has 2 aliphatic rings. The van der Waals surface area contributed by atoms with Gasteiger partial charge in [0.2, 0.25) is 5.91 Å². The second kappa shape index (κ2) is 6.92. The maximum atomic E-state index is 12.4. The quantitative estimate of drug-likeness (QED) is 0.807. The summed E-state index contributed by atoms with van der Waals surface area (Å²) in [5, 5.41) is 3.08. The van der Waals surface area contributed by atoms with Gasteiger partial charge in [0.15, 0.2) is 0 Å². The van der Waals surface area contributed by atoms with Crippen LogP contribution >= 0.6 is 0 Å². The number of carbonyl (C=O) groups excluding carboxylic acids is 1. The molecule has 4 rings (SSSR count). The third kappa shape index (κ3) is 3.22. The number of nitrogens with one attached hydrogen (secondary N) is 2. The number of amides is 1. The maximum Gasteiger partial charge on any atom is 0.328 e. The highest BCUT2D eigenvalue weighted by Crippen LogP contribution is 2.45. The number of ether oxygens (including phenoxy) is 1. The average Bonchev–Trinajstić information content (AvgIpc) is 3.06. The SMILES string of the molecule is O=C(Cn1ccc(=O)[nH]c1=O)N[C@@H]1[C@@H](Cc2ccccc2)[C@H]2OCC[C@@H]12. The lowest BCUT2D eigenvalue weighted by atomic mass is 9.64. The Morgan fingerprint density at radius 1 is 1.23 bits per heavy atom. The summed E-state index contributed by atoms with van der Waals surface area (Å²) in [6.45, 7) is 0.620. The summed E-state index contributed by atoms with van der Waals surface area (Å²) in [6.07, 6.45) is 3.33. The van der Waals surface area contributed by atoms with Crippen LogP contribution in [0, 0.1) is 11.8 Å². The van der Waals surface area contributed by atoms with Crippen LogP contribution in [0.2, 0.25) is 0 Å². The van der Waals surface area contributed by atoms with E-state index in [1.54, 1.807) is 0 Å². The van der Waals surface area contributed by atoms with Gasteiger partial charge in [-0.15, -0.1) is 0 Å². The van der Waals surface area contributed by atoms with Gasteiger partial charge in [-0.2, -0.15) is 0 Å². The summed E-state index contributed by atoms with van der Waals surface area (Å²) >= 11 is 0. The van der Waals surface area contributed by atoms with E-state index < -0.39 is 11.2 Å². The van der Waals surface area contributed by atoms with E-state index in [9.17, 15) is 14.4 Å². The number of aromatic nitrogens is 2. The maximum absolute atomic E-state index is 12.4. The van der Waals surface area contributed by atoms with Crippen molar-refractivity contribution in [2.45, 2.75) is 31.5 Å². The van der Waals surface area contributed by atoms with Gasteiger partial charge in [0.1, 0.15) is 6.54 Å². The number of rotatable bonds is 5. The van der Waals surface area contributed by atoms with Gasteiger partial charge in [0.25, 0.3) is 5.56 Å². The molecule has 1 saturated carbocycles. The molecule has 2 aromatic rings. The van der Waals surface area contributed by atoms with Crippen LogP contribution in [0.3, 0.4) is 0 Å². The van der Waals surface area contributed by atoms with Crippen molar-refractivity contribution in [1.29, 1.82) is 0 Å². The molecule has 7 nitrogen and oxygen atoms in total. The second-order valence-electron chi connectivity index (χ2n) is 6.97. The van der Waals surface area contributed by atoms with Gasteiger partial charge in [-0.1, -0.05) is 30.3 Å². The smallest absolute Gasteiger partial charge is 0.328 e. The zero-order valence-electron chi connectivity index (χ0n) is 14.3. The van der Waals surface area contributed by atoms with Crippen LogP contribution in [-0.4, -0.2) is 34.2 Å². The van der Waals surface area contributed by atoms with Gasteiger partial charge in [0, 0.05) is 36.7 Å². The summed E-state index contributed by atoms with van der Waals surface area (Å²) in [6, 6.07) is 11.5. The number of hydrogen-bond donors (Lipinski definition) is 2. The number of H-pyrrole nitrogens is 1. The molecular formula is C19H21N3O4. The Bertz CT molecular complexity index is 905. The van der Waals surface area contributed by atoms with E-state index in [0.717, 1.165) is 19.4 Å². The molecule has 0 bridgehead atoms. The molecule has 7 heteroatoms. The van der Waals surface area contributed by atoms with Crippen molar-refractivity contribution < 1.29 is 9.53 Å². The third-order valence-corrected chi connectivity index (χ3v) is 5.38. The lowest BCUT2D eigenvalue weighted by Crippen LogP contribution is -2.62. The molecule has 2 N–H and O–H groups in total. The third-order valence-electron chi connectivity index (χ3n) is 5.38. The molecule has 1 aliphatic heterocycles. The van der Waals surface area contributed by atoms with Gasteiger partial charge in [-0.05, 0) is 18.4 Å². The van der Waals surface area contributed by atoms with E-state index >= 15 is 0 Å². The molecule has 1 saturated heterocycles. The minimum atomic E-state index is -0.579. The van der Waals surface area contributed by atoms with E-state index in [-0.39, 0.29) is 30.5 Å². The highest BCUT2D eigenvalue weighted by atomic mass is 16.5. The van der Waals surface area contributed by atoms with Crippen molar-refractivity contribution in [3.8, 4) is 0 Å². The largest absolute Gasteiger partial charge is 0.377 e. The van der Waals surface area contributed by atoms with Crippen LogP contribution in [0.4, 0.5) is 0 Å². The highest BCUT2D eigenvalue weighted by Gasteiger charge is 2.53. The van der Waals surface area contributed by atoms with E-state index in [2.05, 4.69) is 22.4 Å². The van der Waals surface area contributed by atoms with Gasteiger partial charge < -0.3 is 10.1 Å². The molecule has 4 atom stereocenters. The average molecular weight is 355 g/mol. The zero-order valence-corrected chi connectivity index (χ0v) is 14.3. The minimum absolute atomic E-state index is 0.0497. The van der Waals surface area contributed by atoms with E-state index in [4.69, 9.17) is 4.74 Å². The molecule has 1 amide bonds. The fraction of sp³-hybridized carbons (Fsp3) is 0.421. The van der Waals surface area contributed by atoms with E-state index in [1.165, 1.54) is 22.4 Å². The first-order valence-corrected chi connectivity index (χ1v) is 8.86. The highest BCUT2D eigenvalue weighted by molar-refractivity contribution is 5.76. The molecule has 0 radical (unpaired) electrons. The molecule has 136 valence electrons. The summed E-state index contributed by atoms with van der Waals surface area (Å²) in [5.41, 5.74) is 0.172. The molecular weight excluding hydrogens is 334 g/mol. The first-order valence-electron chi connectivity index (χ1n) is 8.86. The van der Waals surface area contributed by atoms with Gasteiger partial charge in [0.05, 0.1) is 6.10 Å². The Balaban J connectivity index is 1.44. The van der Waals surface area contributed by atoms with Crippen LogP contribution < -0.4 is 16.6 Å². The zero-order chi connectivity index (χ0) is 18.1. The Labute approximate surface area is 150 Å². The summed E-state index contributed by atoms with van der Waals surface area (Å²) in [4.78, 5) is 37.5. The standard InChI is InChI=1S/C19H21N3O4/c23-15-6-8-22(19(25)21-15)11-16(24)20-17-13-7-9-26-18(13)14(17)10-12-4-2-1-3-5-12/h1-6,8,13-14,17-18H,7,9-11H2,(H,20,24)(H,21,23,25)/t13-,14+,17-,18-/m0/s1. The molecule has 2 fully saturated rings. The fourth-order valence-electron chi connectivity index (χ4n) is 4.13. The van der Waals surface area contributed by atoms with Gasteiger partial charge in [-0.3, -0.25) is 19.1 Å². The van der Waals surface area contributed by atoms with Crippen molar-refractivity contribution in [2.24, 2.45) is 11.8 Å². The van der Waals surface area contributed by atoms with Gasteiger partial charge in [-0.25, -0.2) is 4.79 Å². The topological polar surface area (TPSA) is 93.2 Å². The summed E-state index contributed by atoms with van der Waals surface area (Å²) < 4.78 is 7.05. The van der Waals surface area contributed by atoms with Crippen molar-refractivity contribution >= 4 is 5.91 Å². The Morgan fingerprint density at radius 3 is 2.81 bits per heavy atom. The number of carbonyl (C=O) groups is 1. The van der Waals surface area contributed by atoms with Crippen LogP contribution in [-0.2, 0) is 22.5 Å². The van der Waals surface area contributed by atoms with E-state index in [0.29, 0.717) is 5.92 Å². The summed E-state index contributed by atoms with van der Waals surface area (Å²) in [5.74, 6) is 0.341. The molecule has 1 aliphatic carbocycles. The van der Waals surface area contributed by atoms with Crippen LogP contribution in [0.5, 0.6) is 0 Å². The minimum Gasteiger partial charge on any atom is -0.377 e. The molecule has 0 unspecified atom stereocenters. The molecule has 1 aromatic carbocycles. The Morgan fingerprint density at radius 2 is 2.04 bits per heavy atom. The number of fused-ring (bicyclic) bond motifs is 1. The second-order valence-corrected chi connectivity index (χ2v) is 6.97. The van der Waals surface area contributed by atoms with Crippen molar-refractivity contribution in [1.82, 2.24) is 14.9 Å². The number of nitrogens with zero attached hydrogens (tertiary/aromatic N) is 1. The first kappa shape index (κ1) is 16.8. The van der Waals surface area contributed by atoms with Crippen LogP contribution in [0.25, 0.3) is 0 Å². The lowest BCUT2D eigenvalue weighted by molar-refractivity contribution is -0.127. The molecule has 1 aromatic heterocycles. The van der Waals surface area contributed by atoms with Crippen LogP contribution in [0.15, 0.2) is 52.2 Å². The lowest BCUT2D eigenvalue weighted by Gasteiger charge is -2.48.